The third-order valence-corrected chi connectivity index (χ3v) is 8.10. The van der Waals surface area contributed by atoms with Gasteiger partial charge in [-0.3, -0.25) is 4.79 Å². The summed E-state index contributed by atoms with van der Waals surface area (Å²) >= 11 is 3.64. The van der Waals surface area contributed by atoms with Crippen molar-refractivity contribution in [3.63, 3.8) is 0 Å². The van der Waals surface area contributed by atoms with Crippen molar-refractivity contribution in [2.45, 2.75) is 50.1 Å². The van der Waals surface area contributed by atoms with Crippen LogP contribution in [0.15, 0.2) is 4.91 Å². The van der Waals surface area contributed by atoms with Gasteiger partial charge in [0.15, 0.2) is 5.79 Å². The van der Waals surface area contributed by atoms with Gasteiger partial charge in [-0.05, 0) is 42.9 Å². The number of hydrogen-bond donors (Lipinski definition) is 0. The number of hydrogen-bond acceptors (Lipinski definition) is 5. The fourth-order valence-corrected chi connectivity index (χ4v) is 6.96. The Morgan fingerprint density at radius 1 is 1.08 bits per heavy atom. The average molecular weight is 378 g/mol. The smallest absolute Gasteiger partial charge is 0.260 e. The number of piperidine rings is 1. The van der Waals surface area contributed by atoms with Crippen LogP contribution >= 0.6 is 23.1 Å². The number of aryl methyl sites for hydroxylation is 1. The van der Waals surface area contributed by atoms with Crippen LogP contribution in [0.1, 0.15) is 46.6 Å². The van der Waals surface area contributed by atoms with Gasteiger partial charge in [0.2, 0.25) is 0 Å². The van der Waals surface area contributed by atoms with Crippen LogP contribution in [0.25, 0.3) is 6.08 Å². The van der Waals surface area contributed by atoms with Gasteiger partial charge in [0.25, 0.3) is 5.91 Å². The quantitative estimate of drug-likeness (QED) is 0.750. The molecular formula is C19H23NO3S2. The molecular weight excluding hydrogens is 354 g/mol. The number of fused-ring (bicyclic) bond motifs is 3. The van der Waals surface area contributed by atoms with E-state index in [1.807, 2.05) is 16.2 Å². The minimum atomic E-state index is -0.412. The second-order valence-electron chi connectivity index (χ2n) is 7.25. The van der Waals surface area contributed by atoms with E-state index in [9.17, 15) is 4.79 Å². The summed E-state index contributed by atoms with van der Waals surface area (Å²) in [5, 5.41) is 0. The highest BCUT2D eigenvalue weighted by Crippen LogP contribution is 2.43. The molecule has 0 aromatic carbocycles. The number of thiophene rings is 1. The molecule has 25 heavy (non-hydrogen) atoms. The Morgan fingerprint density at radius 2 is 1.84 bits per heavy atom. The SMILES string of the molecule is O=C(C1=Cc2sc3c(c2CS1)CCCC3)N1CCC2(CC1)OCCO2. The molecule has 2 fully saturated rings. The highest BCUT2D eigenvalue weighted by molar-refractivity contribution is 8.03. The van der Waals surface area contributed by atoms with E-state index in [-0.39, 0.29) is 5.91 Å². The minimum Gasteiger partial charge on any atom is -0.347 e. The monoisotopic (exact) mass is 377 g/mol. The van der Waals surface area contributed by atoms with Gasteiger partial charge in [0, 0.05) is 41.4 Å². The Hall–Kier alpha value is -0.820. The molecule has 4 aliphatic rings. The lowest BCUT2D eigenvalue weighted by Crippen LogP contribution is -2.47. The van der Waals surface area contributed by atoms with Crippen molar-refractivity contribution in [3.8, 4) is 0 Å². The Kier molecular flexibility index (Phi) is 4.19. The van der Waals surface area contributed by atoms with Gasteiger partial charge in [-0.2, -0.15) is 0 Å². The number of nitrogens with zero attached hydrogens (tertiary/aromatic N) is 1. The lowest BCUT2D eigenvalue weighted by molar-refractivity contribution is -0.186. The maximum absolute atomic E-state index is 13.0. The predicted octanol–water partition coefficient (Wildman–Crippen LogP) is 3.58. The van der Waals surface area contributed by atoms with Gasteiger partial charge in [0.1, 0.15) is 0 Å². The van der Waals surface area contributed by atoms with Crippen molar-refractivity contribution in [3.05, 3.63) is 25.8 Å². The molecule has 0 N–H and O–H groups in total. The van der Waals surface area contributed by atoms with Crippen LogP contribution < -0.4 is 0 Å². The highest BCUT2D eigenvalue weighted by Gasteiger charge is 2.41. The van der Waals surface area contributed by atoms with Gasteiger partial charge in [-0.25, -0.2) is 0 Å². The van der Waals surface area contributed by atoms with E-state index in [4.69, 9.17) is 9.47 Å². The summed E-state index contributed by atoms with van der Waals surface area (Å²) in [6.07, 6.45) is 8.81. The molecule has 1 aliphatic carbocycles. The molecule has 1 spiro atoms. The molecule has 1 aromatic heterocycles. The Labute approximate surface area is 156 Å². The van der Waals surface area contributed by atoms with Crippen LogP contribution in [0.4, 0.5) is 0 Å². The number of likely N-dealkylation sites (tertiary alicyclic amines) is 1. The van der Waals surface area contributed by atoms with Crippen molar-refractivity contribution in [1.82, 2.24) is 4.90 Å². The molecule has 6 heteroatoms. The second kappa shape index (κ2) is 6.41. The van der Waals surface area contributed by atoms with E-state index in [1.54, 1.807) is 22.2 Å². The molecule has 1 aromatic rings. The van der Waals surface area contributed by atoms with Crippen molar-refractivity contribution in [2.75, 3.05) is 26.3 Å². The van der Waals surface area contributed by atoms with E-state index in [1.165, 1.54) is 36.1 Å². The summed E-state index contributed by atoms with van der Waals surface area (Å²) in [4.78, 5) is 18.8. The minimum absolute atomic E-state index is 0.190. The fourth-order valence-electron chi connectivity index (χ4n) is 4.35. The van der Waals surface area contributed by atoms with Crippen LogP contribution in [0, 0.1) is 0 Å². The van der Waals surface area contributed by atoms with Gasteiger partial charge >= 0.3 is 0 Å². The van der Waals surface area contributed by atoms with Crippen molar-refractivity contribution < 1.29 is 14.3 Å². The summed E-state index contributed by atoms with van der Waals surface area (Å²) in [5.41, 5.74) is 3.10. The third kappa shape index (κ3) is 2.87. The zero-order chi connectivity index (χ0) is 16.9. The standard InChI is InChI=1S/C19H23NO3S2/c21-18(20-7-5-19(6-8-20)22-9-10-23-19)17-11-16-14(12-24-17)13-3-1-2-4-15(13)25-16/h11H,1-10,12H2. The molecule has 4 heterocycles. The molecule has 134 valence electrons. The lowest BCUT2D eigenvalue weighted by Gasteiger charge is -2.38. The molecule has 0 atom stereocenters. The molecule has 2 saturated heterocycles. The normalized spacial score (nSPS) is 24.8. The first-order valence-corrected chi connectivity index (χ1v) is 11.1. The van der Waals surface area contributed by atoms with E-state index in [2.05, 4.69) is 6.08 Å². The Bertz CT molecular complexity index is 723. The average Bonchev–Trinajstić information content (AvgIpc) is 3.25. The predicted molar refractivity (Wildman–Crippen MR) is 101 cm³/mol. The number of carbonyl (C=O) groups excluding carboxylic acids is 1. The largest absolute Gasteiger partial charge is 0.347 e. The first kappa shape index (κ1) is 16.4. The highest BCUT2D eigenvalue weighted by atomic mass is 32.2. The first-order chi connectivity index (χ1) is 12.2. The summed E-state index contributed by atoms with van der Waals surface area (Å²) in [6.45, 7) is 2.82. The molecule has 1 amide bonds. The molecule has 0 radical (unpaired) electrons. The van der Waals surface area contributed by atoms with Crippen LogP contribution in [0.5, 0.6) is 0 Å². The molecule has 4 nitrogen and oxygen atoms in total. The number of rotatable bonds is 1. The summed E-state index contributed by atoms with van der Waals surface area (Å²) in [6, 6.07) is 0. The maximum Gasteiger partial charge on any atom is 0.260 e. The van der Waals surface area contributed by atoms with Crippen molar-refractivity contribution in [1.29, 1.82) is 0 Å². The number of carbonyl (C=O) groups is 1. The van der Waals surface area contributed by atoms with Crippen LogP contribution in [-0.4, -0.2) is 42.9 Å². The summed E-state index contributed by atoms with van der Waals surface area (Å²) in [5.74, 6) is 0.739. The van der Waals surface area contributed by atoms with E-state index < -0.39 is 5.79 Å². The van der Waals surface area contributed by atoms with Gasteiger partial charge < -0.3 is 14.4 Å². The number of thioether (sulfide) groups is 1. The van der Waals surface area contributed by atoms with E-state index >= 15 is 0 Å². The molecule has 0 bridgehead atoms. The number of amides is 1. The molecule has 3 aliphatic heterocycles. The molecule has 5 rings (SSSR count). The second-order valence-corrected chi connectivity index (χ2v) is 9.40. The van der Waals surface area contributed by atoms with Crippen molar-refractivity contribution in [2.24, 2.45) is 0 Å². The van der Waals surface area contributed by atoms with Crippen LogP contribution in [0.3, 0.4) is 0 Å². The zero-order valence-electron chi connectivity index (χ0n) is 14.3. The first-order valence-electron chi connectivity index (χ1n) is 9.29. The van der Waals surface area contributed by atoms with E-state index in [0.717, 1.165) is 36.6 Å². The number of ether oxygens (including phenoxy) is 2. The van der Waals surface area contributed by atoms with Gasteiger partial charge in [-0.1, -0.05) is 0 Å². The summed E-state index contributed by atoms with van der Waals surface area (Å²) < 4.78 is 11.5. The lowest BCUT2D eigenvalue weighted by atomic mass is 9.95. The topological polar surface area (TPSA) is 38.8 Å². The van der Waals surface area contributed by atoms with Crippen molar-refractivity contribution >= 4 is 35.1 Å². The van der Waals surface area contributed by atoms with Gasteiger partial charge in [0.05, 0.1) is 18.1 Å². The molecule has 0 unspecified atom stereocenters. The van der Waals surface area contributed by atoms with E-state index in [0.29, 0.717) is 13.2 Å². The van der Waals surface area contributed by atoms with Crippen LogP contribution in [0.2, 0.25) is 0 Å². The van der Waals surface area contributed by atoms with Gasteiger partial charge in [-0.15, -0.1) is 23.1 Å². The summed E-state index contributed by atoms with van der Waals surface area (Å²) in [7, 11) is 0. The zero-order valence-corrected chi connectivity index (χ0v) is 16.0. The maximum atomic E-state index is 13.0. The Morgan fingerprint density at radius 3 is 2.64 bits per heavy atom. The molecule has 0 saturated carbocycles. The Balaban J connectivity index is 1.32. The fraction of sp³-hybridized carbons (Fsp3) is 0.632. The third-order valence-electron chi connectivity index (χ3n) is 5.78. The van der Waals surface area contributed by atoms with Crippen LogP contribution in [-0.2, 0) is 32.9 Å².